The van der Waals surface area contributed by atoms with E-state index >= 15 is 0 Å². The molecule has 0 saturated carbocycles. The van der Waals surface area contributed by atoms with Crippen LogP contribution in [0.1, 0.15) is 5.56 Å². The van der Waals surface area contributed by atoms with Gasteiger partial charge in [0.25, 0.3) is 0 Å². The van der Waals surface area contributed by atoms with Crippen molar-refractivity contribution in [2.24, 2.45) is 0 Å². The molecule has 3 aromatic rings. The molecule has 0 unspecified atom stereocenters. The van der Waals surface area contributed by atoms with E-state index in [1.54, 1.807) is 0 Å². The number of anilines is 1. The number of hydrogen-bond acceptors (Lipinski definition) is 4. The van der Waals surface area contributed by atoms with Crippen LogP contribution < -0.4 is 5.32 Å². The van der Waals surface area contributed by atoms with Crippen molar-refractivity contribution in [1.29, 1.82) is 0 Å². The molecule has 106 valence electrons. The minimum absolute atomic E-state index is 0.155. The first kappa shape index (κ1) is 13.2. The molecule has 21 heavy (non-hydrogen) atoms. The Labute approximate surface area is 119 Å². The Morgan fingerprint density at radius 1 is 1.10 bits per heavy atom. The summed E-state index contributed by atoms with van der Waals surface area (Å²) in [6, 6.07) is 10.7. The molecule has 3 rings (SSSR count). The molecule has 0 fully saturated rings. The second kappa shape index (κ2) is 5.66. The molecular weight excluding hydrogens is 276 g/mol. The smallest absolute Gasteiger partial charge is 0.143 e. The Bertz CT molecular complexity index is 743. The van der Waals surface area contributed by atoms with Crippen LogP contribution in [0.4, 0.5) is 14.5 Å². The molecule has 1 N–H and O–H groups in total. The first-order chi connectivity index (χ1) is 10.2. The Balaban J connectivity index is 1.84. The van der Waals surface area contributed by atoms with Gasteiger partial charge in [-0.15, -0.1) is 5.10 Å². The number of aromatic nitrogens is 4. The van der Waals surface area contributed by atoms with E-state index in [2.05, 4.69) is 20.8 Å². The molecule has 0 bridgehead atoms. The van der Waals surface area contributed by atoms with Gasteiger partial charge in [-0.05, 0) is 40.8 Å². The summed E-state index contributed by atoms with van der Waals surface area (Å²) in [5, 5.41) is 14.0. The topological polar surface area (TPSA) is 55.6 Å². The average molecular weight is 287 g/mol. The molecule has 0 aliphatic heterocycles. The van der Waals surface area contributed by atoms with Gasteiger partial charge in [0.05, 0.1) is 11.4 Å². The highest BCUT2D eigenvalue weighted by Gasteiger charge is 2.07. The van der Waals surface area contributed by atoms with Gasteiger partial charge in [-0.3, -0.25) is 0 Å². The quantitative estimate of drug-likeness (QED) is 0.801. The summed E-state index contributed by atoms with van der Waals surface area (Å²) in [4.78, 5) is 0. The lowest BCUT2D eigenvalue weighted by Gasteiger charge is -2.11. The Kier molecular flexibility index (Phi) is 3.55. The number of nitrogens with zero attached hydrogens (tertiary/aromatic N) is 4. The lowest BCUT2D eigenvalue weighted by atomic mass is 10.2. The minimum atomic E-state index is -0.470. The van der Waals surface area contributed by atoms with Crippen molar-refractivity contribution in [3.63, 3.8) is 0 Å². The van der Waals surface area contributed by atoms with Crippen molar-refractivity contribution in [1.82, 2.24) is 20.2 Å². The molecule has 0 aliphatic rings. The van der Waals surface area contributed by atoms with Crippen molar-refractivity contribution in [3.05, 3.63) is 66.0 Å². The first-order valence-electron chi connectivity index (χ1n) is 6.24. The van der Waals surface area contributed by atoms with Crippen molar-refractivity contribution in [3.8, 4) is 5.69 Å². The predicted octanol–water partition coefficient (Wildman–Crippen LogP) is 2.55. The highest BCUT2D eigenvalue weighted by atomic mass is 19.1. The fourth-order valence-electron chi connectivity index (χ4n) is 1.96. The van der Waals surface area contributed by atoms with Crippen molar-refractivity contribution >= 4 is 5.69 Å². The monoisotopic (exact) mass is 287 g/mol. The third-order valence-electron chi connectivity index (χ3n) is 2.98. The summed E-state index contributed by atoms with van der Waals surface area (Å²) in [6.07, 6.45) is 1.46. The lowest BCUT2D eigenvalue weighted by molar-refractivity contribution is 0.587. The van der Waals surface area contributed by atoms with E-state index in [0.29, 0.717) is 5.69 Å². The van der Waals surface area contributed by atoms with E-state index in [1.165, 1.54) is 17.1 Å². The van der Waals surface area contributed by atoms with Crippen LogP contribution >= 0.6 is 0 Å². The van der Waals surface area contributed by atoms with Crippen LogP contribution in [0, 0.1) is 11.6 Å². The molecule has 0 radical (unpaired) electrons. The van der Waals surface area contributed by atoms with E-state index < -0.39 is 11.6 Å². The summed E-state index contributed by atoms with van der Waals surface area (Å²) in [5.41, 5.74) is 1.69. The third kappa shape index (κ3) is 2.86. The number of benzene rings is 2. The van der Waals surface area contributed by atoms with Gasteiger partial charge < -0.3 is 5.32 Å². The van der Waals surface area contributed by atoms with E-state index in [9.17, 15) is 8.78 Å². The molecule has 0 spiro atoms. The largest absolute Gasteiger partial charge is 0.379 e. The van der Waals surface area contributed by atoms with Crippen LogP contribution in [-0.2, 0) is 6.54 Å². The van der Waals surface area contributed by atoms with Crippen LogP contribution in [0.15, 0.2) is 48.8 Å². The van der Waals surface area contributed by atoms with E-state index in [4.69, 9.17) is 0 Å². The van der Waals surface area contributed by atoms with Gasteiger partial charge in [0.2, 0.25) is 0 Å². The summed E-state index contributed by atoms with van der Waals surface area (Å²) < 4.78 is 28.2. The predicted molar refractivity (Wildman–Crippen MR) is 72.8 cm³/mol. The zero-order chi connectivity index (χ0) is 14.7. The Morgan fingerprint density at radius 2 is 1.95 bits per heavy atom. The fourth-order valence-corrected chi connectivity index (χ4v) is 1.96. The molecular formula is C14H11F2N5. The van der Waals surface area contributed by atoms with E-state index in [1.807, 2.05) is 24.3 Å². The van der Waals surface area contributed by atoms with Gasteiger partial charge in [-0.1, -0.05) is 12.1 Å². The molecule has 5 nitrogen and oxygen atoms in total. The Morgan fingerprint density at radius 3 is 2.76 bits per heavy atom. The summed E-state index contributed by atoms with van der Waals surface area (Å²) in [6.45, 7) is 0.155. The fraction of sp³-hybridized carbons (Fsp3) is 0.0714. The van der Waals surface area contributed by atoms with Gasteiger partial charge >= 0.3 is 0 Å². The molecule has 0 amide bonds. The van der Waals surface area contributed by atoms with Crippen molar-refractivity contribution < 1.29 is 8.78 Å². The van der Waals surface area contributed by atoms with Gasteiger partial charge in [-0.25, -0.2) is 8.78 Å². The number of para-hydroxylation sites is 2. The van der Waals surface area contributed by atoms with Crippen LogP contribution in [-0.4, -0.2) is 20.2 Å². The molecule has 0 atom stereocenters. The molecule has 2 aromatic carbocycles. The van der Waals surface area contributed by atoms with Gasteiger partial charge in [0.15, 0.2) is 0 Å². The average Bonchev–Trinajstić information content (AvgIpc) is 3.03. The number of hydrogen-bond donors (Lipinski definition) is 1. The number of halogens is 2. The lowest BCUT2D eigenvalue weighted by Crippen LogP contribution is -2.06. The first-order valence-corrected chi connectivity index (χ1v) is 6.24. The van der Waals surface area contributed by atoms with Crippen LogP contribution in [0.2, 0.25) is 0 Å². The highest BCUT2D eigenvalue weighted by Crippen LogP contribution is 2.20. The second-order valence-electron chi connectivity index (χ2n) is 4.36. The molecule has 1 heterocycles. The van der Waals surface area contributed by atoms with E-state index in [-0.39, 0.29) is 12.1 Å². The highest BCUT2D eigenvalue weighted by molar-refractivity contribution is 5.60. The third-order valence-corrected chi connectivity index (χ3v) is 2.98. The number of nitrogens with one attached hydrogen (secondary N) is 1. The standard InChI is InChI=1S/C14H11F2N5/c15-11-5-6-12(16)10(7-11)8-17-13-3-1-2-4-14(13)21-9-18-19-20-21/h1-7,9,17H,8H2. The second-order valence-corrected chi connectivity index (χ2v) is 4.36. The molecule has 0 saturated heterocycles. The van der Waals surface area contributed by atoms with Crippen molar-refractivity contribution in [2.75, 3.05) is 5.32 Å². The minimum Gasteiger partial charge on any atom is -0.379 e. The van der Waals surface area contributed by atoms with Crippen molar-refractivity contribution in [2.45, 2.75) is 6.54 Å². The van der Waals surface area contributed by atoms with Crippen LogP contribution in [0.5, 0.6) is 0 Å². The summed E-state index contributed by atoms with van der Waals surface area (Å²) in [7, 11) is 0. The SMILES string of the molecule is Fc1ccc(F)c(CNc2ccccc2-n2cnnn2)c1. The molecule has 7 heteroatoms. The van der Waals surface area contributed by atoms with Crippen LogP contribution in [0.25, 0.3) is 5.69 Å². The van der Waals surface area contributed by atoms with Crippen LogP contribution in [0.3, 0.4) is 0 Å². The summed E-state index contributed by atoms with van der Waals surface area (Å²) >= 11 is 0. The maximum absolute atomic E-state index is 13.6. The Hall–Kier alpha value is -2.83. The van der Waals surface area contributed by atoms with Gasteiger partial charge in [0, 0.05) is 12.1 Å². The normalized spacial score (nSPS) is 10.6. The zero-order valence-electron chi connectivity index (χ0n) is 10.9. The van der Waals surface area contributed by atoms with E-state index in [0.717, 1.165) is 17.8 Å². The number of rotatable bonds is 4. The molecule has 0 aliphatic carbocycles. The number of tetrazole rings is 1. The van der Waals surface area contributed by atoms with Gasteiger partial charge in [0.1, 0.15) is 18.0 Å². The molecule has 1 aromatic heterocycles. The zero-order valence-corrected chi connectivity index (χ0v) is 10.9. The maximum atomic E-state index is 13.6. The van der Waals surface area contributed by atoms with Gasteiger partial charge in [-0.2, -0.15) is 4.68 Å². The summed E-state index contributed by atoms with van der Waals surface area (Å²) in [5.74, 6) is -0.925. The maximum Gasteiger partial charge on any atom is 0.143 e.